The van der Waals surface area contributed by atoms with E-state index in [-0.39, 0.29) is 10.5 Å². The Morgan fingerprint density at radius 1 is 1.19 bits per heavy atom. The molecular weight excluding hydrogens is 292 g/mol. The molecule has 2 aromatic rings. The molecule has 0 aliphatic heterocycles. The number of amides is 1. The van der Waals surface area contributed by atoms with Crippen LogP contribution in [0.2, 0.25) is 0 Å². The number of benzene rings is 1. The van der Waals surface area contributed by atoms with Crippen LogP contribution in [0.3, 0.4) is 0 Å². The third-order valence-electron chi connectivity index (χ3n) is 2.97. The lowest BCUT2D eigenvalue weighted by atomic mass is 10.2. The fourth-order valence-electron chi connectivity index (χ4n) is 1.84. The first kappa shape index (κ1) is 15.3. The zero-order valence-corrected chi connectivity index (χ0v) is 12.5. The monoisotopic (exact) mass is 308 g/mol. The first-order valence-electron chi connectivity index (χ1n) is 6.28. The van der Waals surface area contributed by atoms with Crippen LogP contribution in [0.15, 0.2) is 45.7 Å². The lowest BCUT2D eigenvalue weighted by Gasteiger charge is -2.12. The topological polar surface area (TPSA) is 102 Å². The zero-order valence-electron chi connectivity index (χ0n) is 11.7. The van der Waals surface area contributed by atoms with Crippen molar-refractivity contribution < 1.29 is 17.6 Å². The van der Waals surface area contributed by atoms with E-state index in [1.165, 1.54) is 24.3 Å². The fourth-order valence-corrected chi connectivity index (χ4v) is 3.06. The number of nitrogens with two attached hydrogens (primary N) is 1. The predicted octanol–water partition coefficient (Wildman–Crippen LogP) is 1.73. The van der Waals surface area contributed by atoms with Gasteiger partial charge >= 0.3 is 0 Å². The summed E-state index contributed by atoms with van der Waals surface area (Å²) in [6, 6.07) is 8.41. The Balaban J connectivity index is 2.19. The summed E-state index contributed by atoms with van der Waals surface area (Å²) < 4.78 is 32.4. The lowest BCUT2D eigenvalue weighted by Crippen LogP contribution is -2.26. The molecular formula is C14H16N2O4S. The van der Waals surface area contributed by atoms with Crippen LogP contribution in [-0.2, 0) is 10.0 Å². The first-order valence-corrected chi connectivity index (χ1v) is 7.76. The van der Waals surface area contributed by atoms with Gasteiger partial charge in [-0.25, -0.2) is 13.1 Å². The molecule has 3 N–H and O–H groups in total. The van der Waals surface area contributed by atoms with Crippen molar-refractivity contribution in [3.8, 4) is 0 Å². The van der Waals surface area contributed by atoms with Gasteiger partial charge in [-0.3, -0.25) is 4.79 Å². The average Bonchev–Trinajstić information content (AvgIpc) is 2.85. The third-order valence-corrected chi connectivity index (χ3v) is 4.53. The summed E-state index contributed by atoms with van der Waals surface area (Å²) in [5.74, 6) is 0.637. The molecule has 0 aliphatic carbocycles. The number of sulfonamides is 1. The van der Waals surface area contributed by atoms with E-state index in [4.69, 9.17) is 10.2 Å². The van der Waals surface area contributed by atoms with Gasteiger partial charge in [-0.05, 0) is 50.2 Å². The van der Waals surface area contributed by atoms with E-state index in [0.717, 1.165) is 0 Å². The van der Waals surface area contributed by atoms with E-state index >= 15 is 0 Å². The molecule has 21 heavy (non-hydrogen) atoms. The van der Waals surface area contributed by atoms with Crippen molar-refractivity contribution in [1.82, 2.24) is 4.72 Å². The quantitative estimate of drug-likeness (QED) is 0.878. The summed E-state index contributed by atoms with van der Waals surface area (Å²) in [5.41, 5.74) is 5.37. The Bertz CT molecular complexity index is 748. The number of carbonyl (C=O) groups excluding carboxylic acids is 1. The fraction of sp³-hybridized carbons (Fsp3) is 0.214. The number of primary amides is 1. The van der Waals surface area contributed by atoms with Crippen LogP contribution in [0.5, 0.6) is 0 Å². The zero-order chi connectivity index (χ0) is 15.6. The Morgan fingerprint density at radius 2 is 1.81 bits per heavy atom. The highest BCUT2D eigenvalue weighted by atomic mass is 32.2. The van der Waals surface area contributed by atoms with E-state index in [2.05, 4.69) is 4.72 Å². The average molecular weight is 308 g/mol. The molecule has 0 radical (unpaired) electrons. The summed E-state index contributed by atoms with van der Waals surface area (Å²) in [5, 5.41) is 0. The van der Waals surface area contributed by atoms with Crippen molar-refractivity contribution in [3.05, 3.63) is 53.5 Å². The van der Waals surface area contributed by atoms with Gasteiger partial charge < -0.3 is 10.2 Å². The summed E-state index contributed by atoms with van der Waals surface area (Å²) >= 11 is 0. The van der Waals surface area contributed by atoms with Crippen LogP contribution in [0, 0.1) is 6.92 Å². The molecule has 0 saturated heterocycles. The molecule has 1 heterocycles. The van der Waals surface area contributed by atoms with Crippen LogP contribution >= 0.6 is 0 Å². The predicted molar refractivity (Wildman–Crippen MR) is 77.1 cm³/mol. The maximum absolute atomic E-state index is 12.2. The van der Waals surface area contributed by atoms with Crippen molar-refractivity contribution in [2.75, 3.05) is 0 Å². The highest BCUT2D eigenvalue weighted by Crippen LogP contribution is 2.19. The minimum atomic E-state index is -3.70. The third kappa shape index (κ3) is 3.50. The summed E-state index contributed by atoms with van der Waals surface area (Å²) in [6.45, 7) is 3.47. The van der Waals surface area contributed by atoms with Gasteiger partial charge in [-0.15, -0.1) is 0 Å². The SMILES string of the molecule is Cc1ccc([C@H](C)NS(=O)(=O)c2ccc(C(N)=O)cc2)o1. The maximum atomic E-state index is 12.2. The van der Waals surface area contributed by atoms with Crippen molar-refractivity contribution in [1.29, 1.82) is 0 Å². The molecule has 112 valence electrons. The van der Waals surface area contributed by atoms with Crippen LogP contribution < -0.4 is 10.5 Å². The largest absolute Gasteiger partial charge is 0.465 e. The van der Waals surface area contributed by atoms with Gasteiger partial charge in [0.1, 0.15) is 11.5 Å². The van der Waals surface area contributed by atoms with Gasteiger partial charge in [0, 0.05) is 5.56 Å². The summed E-state index contributed by atoms with van der Waals surface area (Å²) in [7, 11) is -3.70. The van der Waals surface area contributed by atoms with Gasteiger partial charge in [0.25, 0.3) is 0 Å². The minimum Gasteiger partial charge on any atom is -0.465 e. The van der Waals surface area contributed by atoms with Crippen LogP contribution in [-0.4, -0.2) is 14.3 Å². The molecule has 7 heteroatoms. The van der Waals surface area contributed by atoms with Crippen molar-refractivity contribution in [2.24, 2.45) is 5.73 Å². The maximum Gasteiger partial charge on any atom is 0.248 e. The summed E-state index contributed by atoms with van der Waals surface area (Å²) in [6.07, 6.45) is 0. The van der Waals surface area contributed by atoms with E-state index in [1.807, 2.05) is 0 Å². The standard InChI is InChI=1S/C14H16N2O4S/c1-9-3-8-13(20-9)10(2)16-21(18,19)12-6-4-11(5-7-12)14(15)17/h3-8,10,16H,1-2H3,(H2,15,17)/t10-/m0/s1. The molecule has 1 amide bonds. The van der Waals surface area contributed by atoms with Crippen LogP contribution in [0.1, 0.15) is 34.8 Å². The van der Waals surface area contributed by atoms with Gasteiger partial charge in [0.05, 0.1) is 10.9 Å². The first-order chi connectivity index (χ1) is 9.79. The molecule has 6 nitrogen and oxygen atoms in total. The highest BCUT2D eigenvalue weighted by Gasteiger charge is 2.20. The molecule has 0 spiro atoms. The molecule has 1 aromatic heterocycles. The smallest absolute Gasteiger partial charge is 0.248 e. The van der Waals surface area contributed by atoms with E-state index in [1.54, 1.807) is 26.0 Å². The number of hydrogen-bond acceptors (Lipinski definition) is 4. The van der Waals surface area contributed by atoms with Gasteiger partial charge in [0.15, 0.2) is 0 Å². The highest BCUT2D eigenvalue weighted by molar-refractivity contribution is 7.89. The Kier molecular flexibility index (Phi) is 4.15. The Labute approximate surface area is 123 Å². The molecule has 0 aliphatic rings. The number of carbonyl (C=O) groups is 1. The van der Waals surface area contributed by atoms with E-state index in [0.29, 0.717) is 11.5 Å². The van der Waals surface area contributed by atoms with Gasteiger partial charge in [-0.1, -0.05) is 0 Å². The number of furan rings is 1. The second-order valence-corrected chi connectivity index (χ2v) is 6.39. The number of aryl methyl sites for hydroxylation is 1. The van der Waals surface area contributed by atoms with Crippen molar-refractivity contribution >= 4 is 15.9 Å². The van der Waals surface area contributed by atoms with E-state index in [9.17, 15) is 13.2 Å². The number of rotatable bonds is 5. The van der Waals surface area contributed by atoms with Crippen LogP contribution in [0.25, 0.3) is 0 Å². The molecule has 0 unspecified atom stereocenters. The Morgan fingerprint density at radius 3 is 2.29 bits per heavy atom. The minimum absolute atomic E-state index is 0.0580. The molecule has 0 saturated carbocycles. The normalized spacial score (nSPS) is 13.0. The lowest BCUT2D eigenvalue weighted by molar-refractivity contribution is 0.1000. The van der Waals surface area contributed by atoms with Gasteiger partial charge in [0.2, 0.25) is 15.9 Å². The van der Waals surface area contributed by atoms with Gasteiger partial charge in [-0.2, -0.15) is 0 Å². The second-order valence-electron chi connectivity index (χ2n) is 4.68. The van der Waals surface area contributed by atoms with Crippen molar-refractivity contribution in [2.45, 2.75) is 24.8 Å². The molecule has 1 atom stereocenters. The molecule has 2 rings (SSSR count). The Hall–Kier alpha value is -2.12. The molecule has 0 fully saturated rings. The summed E-state index contributed by atoms with van der Waals surface area (Å²) in [4.78, 5) is 11.0. The van der Waals surface area contributed by atoms with Crippen LogP contribution in [0.4, 0.5) is 0 Å². The second kappa shape index (κ2) is 5.71. The molecule has 1 aromatic carbocycles. The number of hydrogen-bond donors (Lipinski definition) is 2. The van der Waals surface area contributed by atoms with E-state index < -0.39 is 22.0 Å². The van der Waals surface area contributed by atoms with Crippen molar-refractivity contribution in [3.63, 3.8) is 0 Å². The molecule has 0 bridgehead atoms. The number of nitrogens with one attached hydrogen (secondary N) is 1.